The molecule has 0 aliphatic heterocycles. The van der Waals surface area contributed by atoms with Gasteiger partial charge in [-0.05, 0) is 49.4 Å². The van der Waals surface area contributed by atoms with Crippen LogP contribution in [0.5, 0.6) is 0 Å². The van der Waals surface area contributed by atoms with Crippen LogP contribution in [-0.2, 0) is 16.0 Å². The molecule has 0 bridgehead atoms. The number of anilines is 4. The van der Waals surface area contributed by atoms with Gasteiger partial charge in [-0.3, -0.25) is 4.79 Å². The standard InChI is InChI=1S/C29H44N10O3/c30-11-17-41-19-20-42-18-14-32-26(40)24-7-9-25(10-8-24)35-29-37-27(33-12-4-15-39-16-13-31-22-39)36-28(38-29)34-21-23-5-2-1-3-6-23/h7-10,13,16,22-23H,1-6,11-12,14-15,17-21,30H2,(H,32,40)(H3,33,34,35,36,37,38). The Morgan fingerprint density at radius 2 is 1.64 bits per heavy atom. The molecule has 0 atom stereocenters. The molecule has 2 heterocycles. The highest BCUT2D eigenvalue weighted by Crippen LogP contribution is 2.24. The van der Waals surface area contributed by atoms with Crippen molar-refractivity contribution in [3.05, 3.63) is 48.5 Å². The largest absolute Gasteiger partial charge is 0.378 e. The van der Waals surface area contributed by atoms with Gasteiger partial charge < -0.3 is 41.0 Å². The van der Waals surface area contributed by atoms with Crippen LogP contribution in [0, 0.1) is 5.92 Å². The van der Waals surface area contributed by atoms with E-state index in [9.17, 15) is 4.79 Å². The molecule has 13 nitrogen and oxygen atoms in total. The summed E-state index contributed by atoms with van der Waals surface area (Å²) in [4.78, 5) is 30.4. The average Bonchev–Trinajstić information content (AvgIpc) is 3.54. The van der Waals surface area contributed by atoms with Crippen molar-refractivity contribution in [2.24, 2.45) is 11.7 Å². The number of nitrogens with one attached hydrogen (secondary N) is 4. The van der Waals surface area contributed by atoms with Gasteiger partial charge in [0.25, 0.3) is 5.91 Å². The molecule has 6 N–H and O–H groups in total. The maximum absolute atomic E-state index is 12.5. The smallest absolute Gasteiger partial charge is 0.251 e. The molecule has 1 amide bonds. The predicted octanol–water partition coefficient (Wildman–Crippen LogP) is 3.03. The Hall–Kier alpha value is -3.81. The van der Waals surface area contributed by atoms with Crippen molar-refractivity contribution in [2.75, 3.05) is 68.6 Å². The van der Waals surface area contributed by atoms with E-state index in [-0.39, 0.29) is 5.91 Å². The molecule has 3 aromatic rings. The van der Waals surface area contributed by atoms with Crippen LogP contribution in [0.4, 0.5) is 23.5 Å². The van der Waals surface area contributed by atoms with E-state index in [2.05, 4.69) is 41.2 Å². The number of nitrogens with two attached hydrogens (primary N) is 1. The van der Waals surface area contributed by atoms with E-state index >= 15 is 0 Å². The van der Waals surface area contributed by atoms with E-state index in [1.165, 1.54) is 32.1 Å². The molecule has 1 aliphatic rings. The summed E-state index contributed by atoms with van der Waals surface area (Å²) in [6.07, 6.45) is 12.8. The summed E-state index contributed by atoms with van der Waals surface area (Å²) in [5.74, 6) is 1.95. The Kier molecular flexibility index (Phi) is 13.3. The summed E-state index contributed by atoms with van der Waals surface area (Å²) in [6.45, 7) is 5.20. The van der Waals surface area contributed by atoms with Gasteiger partial charge in [0.15, 0.2) is 0 Å². The van der Waals surface area contributed by atoms with E-state index in [1.54, 1.807) is 18.3 Å². The van der Waals surface area contributed by atoms with Gasteiger partial charge in [0.1, 0.15) is 0 Å². The van der Waals surface area contributed by atoms with Crippen LogP contribution in [0.3, 0.4) is 0 Å². The Morgan fingerprint density at radius 3 is 2.38 bits per heavy atom. The number of imidazole rings is 1. The number of carbonyl (C=O) groups excluding carboxylic acids is 1. The summed E-state index contributed by atoms with van der Waals surface area (Å²) >= 11 is 0. The molecule has 0 spiro atoms. The second-order valence-electron chi connectivity index (χ2n) is 10.2. The normalized spacial score (nSPS) is 13.5. The maximum atomic E-state index is 12.5. The Bertz CT molecular complexity index is 1170. The Morgan fingerprint density at radius 1 is 0.905 bits per heavy atom. The third-order valence-corrected chi connectivity index (χ3v) is 6.91. The fourth-order valence-electron chi connectivity index (χ4n) is 4.68. The zero-order chi connectivity index (χ0) is 29.2. The van der Waals surface area contributed by atoms with Gasteiger partial charge in [-0.2, -0.15) is 15.0 Å². The van der Waals surface area contributed by atoms with Gasteiger partial charge in [0, 0.05) is 56.4 Å². The van der Waals surface area contributed by atoms with Crippen molar-refractivity contribution < 1.29 is 14.3 Å². The van der Waals surface area contributed by atoms with Crippen LogP contribution in [0.15, 0.2) is 43.0 Å². The van der Waals surface area contributed by atoms with Crippen molar-refractivity contribution >= 4 is 29.4 Å². The SMILES string of the molecule is NCCOCCOCCNC(=O)c1ccc(Nc2nc(NCCCn3ccnc3)nc(NCC3CCCCC3)n2)cc1. The molecule has 1 aromatic carbocycles. The number of benzene rings is 1. The summed E-state index contributed by atoms with van der Waals surface area (Å²) < 4.78 is 12.7. The van der Waals surface area contributed by atoms with Crippen molar-refractivity contribution in [2.45, 2.75) is 45.1 Å². The van der Waals surface area contributed by atoms with Gasteiger partial charge in [-0.15, -0.1) is 0 Å². The first kappa shape index (κ1) is 31.1. The quantitative estimate of drug-likeness (QED) is 0.132. The minimum absolute atomic E-state index is 0.166. The lowest BCUT2D eigenvalue weighted by Crippen LogP contribution is -2.27. The second-order valence-corrected chi connectivity index (χ2v) is 10.2. The Labute approximate surface area is 247 Å². The molecule has 228 valence electrons. The fraction of sp³-hybridized carbons (Fsp3) is 0.552. The lowest BCUT2D eigenvalue weighted by atomic mass is 9.89. The van der Waals surface area contributed by atoms with Crippen LogP contribution >= 0.6 is 0 Å². The molecule has 0 saturated heterocycles. The lowest BCUT2D eigenvalue weighted by molar-refractivity contribution is 0.0511. The van der Waals surface area contributed by atoms with Crippen LogP contribution in [-0.4, -0.2) is 83.0 Å². The first-order valence-corrected chi connectivity index (χ1v) is 14.9. The lowest BCUT2D eigenvalue weighted by Gasteiger charge is -2.21. The molecule has 0 radical (unpaired) electrons. The second kappa shape index (κ2) is 17.9. The maximum Gasteiger partial charge on any atom is 0.251 e. The van der Waals surface area contributed by atoms with Crippen molar-refractivity contribution in [3.8, 4) is 0 Å². The molecule has 0 unspecified atom stereocenters. The summed E-state index contributed by atoms with van der Waals surface area (Å²) in [7, 11) is 0. The number of hydrogen-bond acceptors (Lipinski definition) is 11. The molecular formula is C29H44N10O3. The zero-order valence-electron chi connectivity index (χ0n) is 24.3. The summed E-state index contributed by atoms with van der Waals surface area (Å²) in [5, 5.41) is 12.9. The minimum Gasteiger partial charge on any atom is -0.378 e. The Balaban J connectivity index is 1.29. The molecular weight excluding hydrogens is 536 g/mol. The van der Waals surface area contributed by atoms with Crippen molar-refractivity contribution in [1.29, 1.82) is 0 Å². The molecule has 1 fully saturated rings. The van der Waals surface area contributed by atoms with Gasteiger partial charge in [0.2, 0.25) is 17.8 Å². The predicted molar refractivity (Wildman–Crippen MR) is 163 cm³/mol. The van der Waals surface area contributed by atoms with E-state index < -0.39 is 0 Å². The van der Waals surface area contributed by atoms with Gasteiger partial charge >= 0.3 is 0 Å². The van der Waals surface area contributed by atoms with Gasteiger partial charge in [-0.1, -0.05) is 19.3 Å². The number of nitrogens with zero attached hydrogens (tertiary/aromatic N) is 5. The first-order valence-electron chi connectivity index (χ1n) is 14.9. The van der Waals surface area contributed by atoms with E-state index in [4.69, 9.17) is 15.2 Å². The topological polar surface area (TPSA) is 166 Å². The van der Waals surface area contributed by atoms with Crippen molar-refractivity contribution in [1.82, 2.24) is 29.8 Å². The highest BCUT2D eigenvalue weighted by molar-refractivity contribution is 5.94. The molecule has 42 heavy (non-hydrogen) atoms. The number of carbonyl (C=O) groups is 1. The number of hydrogen-bond donors (Lipinski definition) is 5. The highest BCUT2D eigenvalue weighted by Gasteiger charge is 2.15. The molecule has 2 aromatic heterocycles. The van der Waals surface area contributed by atoms with Gasteiger partial charge in [-0.25, -0.2) is 4.98 Å². The first-order chi connectivity index (χ1) is 20.7. The van der Waals surface area contributed by atoms with Crippen LogP contribution in [0.25, 0.3) is 0 Å². The van der Waals surface area contributed by atoms with E-state index in [0.717, 1.165) is 25.2 Å². The summed E-state index contributed by atoms with van der Waals surface area (Å²) in [6, 6.07) is 7.18. The number of rotatable bonds is 19. The molecule has 4 rings (SSSR count). The molecule has 1 aliphatic carbocycles. The van der Waals surface area contributed by atoms with Crippen LogP contribution < -0.4 is 27.0 Å². The number of amides is 1. The van der Waals surface area contributed by atoms with E-state index in [1.807, 2.05) is 29.2 Å². The minimum atomic E-state index is -0.166. The monoisotopic (exact) mass is 580 g/mol. The summed E-state index contributed by atoms with van der Waals surface area (Å²) in [5.41, 5.74) is 6.69. The highest BCUT2D eigenvalue weighted by atomic mass is 16.5. The van der Waals surface area contributed by atoms with E-state index in [0.29, 0.717) is 75.4 Å². The third-order valence-electron chi connectivity index (χ3n) is 6.91. The van der Waals surface area contributed by atoms with Crippen LogP contribution in [0.1, 0.15) is 48.9 Å². The number of ether oxygens (including phenoxy) is 2. The third kappa shape index (κ3) is 11.2. The number of aryl methyl sites for hydroxylation is 1. The fourth-order valence-corrected chi connectivity index (χ4v) is 4.68. The molecule has 1 saturated carbocycles. The molecule has 13 heteroatoms. The van der Waals surface area contributed by atoms with Crippen molar-refractivity contribution in [3.63, 3.8) is 0 Å². The zero-order valence-corrected chi connectivity index (χ0v) is 24.3. The van der Waals surface area contributed by atoms with Gasteiger partial charge in [0.05, 0.1) is 32.8 Å². The average molecular weight is 581 g/mol. The van der Waals surface area contributed by atoms with Crippen LogP contribution in [0.2, 0.25) is 0 Å². The number of aromatic nitrogens is 5.